The van der Waals surface area contributed by atoms with Gasteiger partial charge < -0.3 is 14.4 Å². The molecule has 3 aromatic rings. The molecule has 0 aromatic heterocycles. The largest absolute Gasteiger partial charge is 0.465 e. The Morgan fingerprint density at radius 2 is 1.50 bits per heavy atom. The van der Waals surface area contributed by atoms with Crippen molar-refractivity contribution in [2.45, 2.75) is 52.1 Å². The molecule has 0 radical (unpaired) electrons. The molecule has 3 aromatic carbocycles. The van der Waals surface area contributed by atoms with Gasteiger partial charge in [0, 0.05) is 54.6 Å². The van der Waals surface area contributed by atoms with Gasteiger partial charge in [0.05, 0.1) is 29.8 Å². The van der Waals surface area contributed by atoms with E-state index in [0.29, 0.717) is 73.2 Å². The zero-order chi connectivity index (χ0) is 36.7. The van der Waals surface area contributed by atoms with Crippen molar-refractivity contribution in [3.63, 3.8) is 0 Å². The Bertz CT molecular complexity index is 2420. The number of aryl methyl sites for hydroxylation is 1. The maximum absolute atomic E-state index is 13.3. The molecule has 6 rings (SSSR count). The average Bonchev–Trinajstić information content (AvgIpc) is 3.01. The number of carbonyl (C=O) groups is 1. The number of likely N-dealkylation sites (N-methyl/N-ethyl adjacent to an activating group) is 2. The van der Waals surface area contributed by atoms with Gasteiger partial charge in [0.15, 0.2) is 5.54 Å². The maximum Gasteiger partial charge on any atom is 0.338 e. The summed E-state index contributed by atoms with van der Waals surface area (Å²) in [7, 11) is -3.74. The van der Waals surface area contributed by atoms with Crippen LogP contribution in [-0.4, -0.2) is 75.7 Å². The van der Waals surface area contributed by atoms with Crippen molar-refractivity contribution in [3.05, 3.63) is 98.6 Å². The Morgan fingerprint density at radius 3 is 2.10 bits per heavy atom. The Morgan fingerprint density at radius 1 is 0.860 bits per heavy atom. The maximum atomic E-state index is 13.3. The summed E-state index contributed by atoms with van der Waals surface area (Å²) in [6.45, 7) is 9.75. The van der Waals surface area contributed by atoms with E-state index in [4.69, 9.17) is 9.47 Å². The van der Waals surface area contributed by atoms with Gasteiger partial charge >= 0.3 is 5.97 Å². The van der Waals surface area contributed by atoms with E-state index >= 15 is 0 Å². The topological polar surface area (TPSA) is 151 Å². The van der Waals surface area contributed by atoms with Crippen LogP contribution in [0.1, 0.15) is 72.8 Å². The standard InChI is InChI=1S/C37H40N2O9S2/c1-9-21-10-11-24(35(40)47-8)27(12-21)34-28-13-25-22(19-49(41,42)43)17-36(2,3)38(6)30(25)15-32(28)48-33-16-31-26(14-29(33)34)23(20-50(44,45)46)18-37(4,5)39(31)7/h10-18H,9,19-20H2,1-8H3,(H-,41,42,43,44,45,46)/p+1. The van der Waals surface area contributed by atoms with E-state index in [1.807, 2.05) is 107 Å². The molecular weight excluding hydrogens is 681 g/mol. The SMILES string of the molecule is CCc1ccc(C(=O)OC)c(C2=c3cc4c(cc3Oc3cc5c(cc32)C(CS(=O)(=O)O)=CC(C)(C)N5C)=[N+](C)C(C)(C)C=C4CS(=O)(=O)O)c1. The highest BCUT2D eigenvalue weighted by atomic mass is 32.2. The van der Waals surface area contributed by atoms with Crippen LogP contribution in [0.2, 0.25) is 0 Å². The number of nitrogens with zero attached hydrogens (tertiary/aromatic N) is 2. The third-order valence-electron chi connectivity index (χ3n) is 10.00. The van der Waals surface area contributed by atoms with Crippen molar-refractivity contribution >= 4 is 48.6 Å². The smallest absolute Gasteiger partial charge is 0.338 e. The number of carbonyl (C=O) groups excluding carboxylic acids is 1. The molecule has 0 aliphatic carbocycles. The molecule has 0 bridgehead atoms. The van der Waals surface area contributed by atoms with Crippen LogP contribution in [-0.2, 0) is 31.4 Å². The summed E-state index contributed by atoms with van der Waals surface area (Å²) in [6.07, 6.45) is 4.28. The minimum absolute atomic E-state index is 0.285. The molecule has 2 N–H and O–H groups in total. The number of hydrogen-bond donors (Lipinski definition) is 2. The molecule has 0 saturated heterocycles. The van der Waals surface area contributed by atoms with Crippen LogP contribution in [0.25, 0.3) is 16.7 Å². The first kappa shape index (κ1) is 35.5. The van der Waals surface area contributed by atoms with E-state index in [1.54, 1.807) is 6.07 Å². The molecule has 3 heterocycles. The highest BCUT2D eigenvalue weighted by Crippen LogP contribution is 2.46. The molecule has 11 nitrogen and oxygen atoms in total. The zero-order valence-electron chi connectivity index (χ0n) is 29.3. The quantitative estimate of drug-likeness (QED) is 0.162. The van der Waals surface area contributed by atoms with Crippen molar-refractivity contribution < 1.29 is 40.2 Å². The number of methoxy groups -OCH3 is 1. The molecular formula is C37H41N2O9S2+. The van der Waals surface area contributed by atoms with E-state index in [9.17, 15) is 30.7 Å². The Kier molecular flexibility index (Phi) is 8.45. The Labute approximate surface area is 292 Å². The van der Waals surface area contributed by atoms with Crippen LogP contribution in [0, 0.1) is 0 Å². The highest BCUT2D eigenvalue weighted by Gasteiger charge is 2.37. The second-order valence-corrected chi connectivity index (χ2v) is 17.1. The number of esters is 1. The summed E-state index contributed by atoms with van der Waals surface area (Å²) < 4.78 is 82.8. The summed E-state index contributed by atoms with van der Waals surface area (Å²) in [4.78, 5) is 15.3. The first-order valence-corrected chi connectivity index (χ1v) is 19.3. The molecule has 0 fully saturated rings. The molecule has 3 aliphatic rings. The van der Waals surface area contributed by atoms with Gasteiger partial charge in [-0.2, -0.15) is 16.8 Å². The number of hydrogen-bond acceptors (Lipinski definition) is 8. The fourth-order valence-corrected chi connectivity index (χ4v) is 8.35. The molecule has 0 saturated carbocycles. The molecule has 50 heavy (non-hydrogen) atoms. The van der Waals surface area contributed by atoms with Crippen LogP contribution < -0.4 is 24.8 Å². The van der Waals surface area contributed by atoms with Crippen molar-refractivity contribution in [2.24, 2.45) is 0 Å². The number of ether oxygens (including phenoxy) is 2. The first-order chi connectivity index (χ1) is 23.1. The third-order valence-corrected chi connectivity index (χ3v) is 11.3. The summed E-state index contributed by atoms with van der Waals surface area (Å²) in [5.41, 5.74) is 4.28. The van der Waals surface area contributed by atoms with Gasteiger partial charge in [-0.25, -0.2) is 9.37 Å². The van der Waals surface area contributed by atoms with Crippen molar-refractivity contribution in [3.8, 4) is 11.5 Å². The average molecular weight is 722 g/mol. The van der Waals surface area contributed by atoms with Crippen molar-refractivity contribution in [1.29, 1.82) is 0 Å². The fraction of sp³-hybridized carbons (Fsp3) is 0.351. The minimum atomic E-state index is -4.41. The van der Waals surface area contributed by atoms with Gasteiger partial charge in [-0.3, -0.25) is 9.11 Å². The monoisotopic (exact) mass is 721 g/mol. The van der Waals surface area contributed by atoms with Crippen molar-refractivity contribution in [2.75, 3.05) is 37.6 Å². The lowest BCUT2D eigenvalue weighted by atomic mass is 9.83. The van der Waals surface area contributed by atoms with Crippen LogP contribution in [0.5, 0.6) is 11.5 Å². The van der Waals surface area contributed by atoms with Crippen LogP contribution in [0.15, 0.2) is 54.6 Å². The van der Waals surface area contributed by atoms with E-state index in [1.165, 1.54) is 7.11 Å². The normalized spacial score (nSPS) is 17.4. The van der Waals surface area contributed by atoms with Gasteiger partial charge in [0.25, 0.3) is 20.2 Å². The first-order valence-electron chi connectivity index (χ1n) is 16.1. The lowest BCUT2D eigenvalue weighted by Gasteiger charge is -2.41. The third kappa shape index (κ3) is 6.27. The van der Waals surface area contributed by atoms with Gasteiger partial charge in [0.2, 0.25) is 5.36 Å². The van der Waals surface area contributed by atoms with Gasteiger partial charge in [0.1, 0.15) is 30.1 Å². The summed E-state index contributed by atoms with van der Waals surface area (Å²) in [5.74, 6) is -0.887. The number of anilines is 1. The Hall–Kier alpha value is -4.30. The van der Waals surface area contributed by atoms with E-state index in [0.717, 1.165) is 5.56 Å². The predicted molar refractivity (Wildman–Crippen MR) is 193 cm³/mol. The van der Waals surface area contributed by atoms with Crippen LogP contribution in [0.3, 0.4) is 0 Å². The van der Waals surface area contributed by atoms with Crippen molar-refractivity contribution in [1.82, 2.24) is 4.58 Å². The lowest BCUT2D eigenvalue weighted by Crippen LogP contribution is -2.47. The number of benzene rings is 3. The summed E-state index contributed by atoms with van der Waals surface area (Å²) in [6, 6.07) is 12.8. The van der Waals surface area contributed by atoms with Gasteiger partial charge in [-0.1, -0.05) is 25.1 Å². The zero-order valence-corrected chi connectivity index (χ0v) is 30.9. The number of fused-ring (bicyclic) bond motifs is 4. The molecule has 0 amide bonds. The molecule has 0 unspecified atom stereocenters. The summed E-state index contributed by atoms with van der Waals surface area (Å²) >= 11 is 0. The van der Waals surface area contributed by atoms with E-state index in [2.05, 4.69) is 0 Å². The van der Waals surface area contributed by atoms with Gasteiger partial charge in [-0.15, -0.1) is 0 Å². The number of rotatable bonds is 7. The lowest BCUT2D eigenvalue weighted by molar-refractivity contribution is 0.0600. The second-order valence-electron chi connectivity index (χ2n) is 14.2. The predicted octanol–water partition coefficient (Wildman–Crippen LogP) is 4.07. The van der Waals surface area contributed by atoms with Crippen LogP contribution >= 0.6 is 0 Å². The second kappa shape index (κ2) is 11.9. The highest BCUT2D eigenvalue weighted by molar-refractivity contribution is 7.86. The summed E-state index contributed by atoms with van der Waals surface area (Å²) in [5, 5.41) is 1.23. The van der Waals surface area contributed by atoms with E-state index < -0.39 is 48.8 Å². The van der Waals surface area contributed by atoms with Crippen LogP contribution in [0.4, 0.5) is 5.69 Å². The molecule has 264 valence electrons. The van der Waals surface area contributed by atoms with Gasteiger partial charge in [-0.05, 0) is 66.8 Å². The molecule has 0 atom stereocenters. The molecule has 3 aliphatic heterocycles. The molecule has 13 heteroatoms. The van der Waals surface area contributed by atoms with E-state index in [-0.39, 0.29) is 5.56 Å². The molecule has 0 spiro atoms. The Balaban J connectivity index is 1.79. The fourth-order valence-electron chi connectivity index (χ4n) is 7.08. The minimum Gasteiger partial charge on any atom is -0.465 e.